The molecule has 20 heavy (non-hydrogen) atoms. The molecule has 5 heteroatoms. The van der Waals surface area contributed by atoms with E-state index in [2.05, 4.69) is 9.97 Å². The van der Waals surface area contributed by atoms with Crippen molar-refractivity contribution in [1.29, 1.82) is 0 Å². The van der Waals surface area contributed by atoms with Crippen molar-refractivity contribution in [3.05, 3.63) is 60.9 Å². The van der Waals surface area contributed by atoms with Crippen LogP contribution in [0.4, 0.5) is 16.4 Å². The van der Waals surface area contributed by atoms with Gasteiger partial charge in [0.15, 0.2) is 0 Å². The first-order valence-corrected chi connectivity index (χ1v) is 6.04. The fraction of sp³-hybridized carbons (Fsp3) is 0. The molecule has 98 valence electrons. The van der Waals surface area contributed by atoms with Gasteiger partial charge in [0.25, 0.3) is 0 Å². The molecule has 1 aromatic heterocycles. The number of nitrogens with zero attached hydrogens (tertiary/aromatic N) is 3. The molecule has 1 amide bonds. The van der Waals surface area contributed by atoms with Crippen molar-refractivity contribution < 1.29 is 9.90 Å². The second-order valence-electron chi connectivity index (χ2n) is 4.20. The van der Waals surface area contributed by atoms with Crippen LogP contribution >= 0.6 is 0 Å². The summed E-state index contributed by atoms with van der Waals surface area (Å²) >= 11 is 0. The van der Waals surface area contributed by atoms with E-state index in [-0.39, 0.29) is 5.95 Å². The zero-order valence-corrected chi connectivity index (χ0v) is 10.5. The largest absolute Gasteiger partial charge is 0.464 e. The molecule has 3 aromatic rings. The minimum Gasteiger partial charge on any atom is -0.464 e. The van der Waals surface area contributed by atoms with E-state index in [1.807, 2.05) is 30.3 Å². The molecule has 1 N–H and O–H groups in total. The van der Waals surface area contributed by atoms with Crippen LogP contribution < -0.4 is 4.90 Å². The first-order valence-electron chi connectivity index (χ1n) is 6.04. The van der Waals surface area contributed by atoms with Gasteiger partial charge in [0.1, 0.15) is 0 Å². The Balaban J connectivity index is 2.13. The highest BCUT2D eigenvalue weighted by atomic mass is 16.4. The van der Waals surface area contributed by atoms with Crippen LogP contribution in [0.15, 0.2) is 60.9 Å². The van der Waals surface area contributed by atoms with E-state index < -0.39 is 6.09 Å². The summed E-state index contributed by atoms with van der Waals surface area (Å²) in [5, 5.41) is 11.4. The highest BCUT2D eigenvalue weighted by Gasteiger charge is 2.19. The van der Waals surface area contributed by atoms with Crippen LogP contribution in [0, 0.1) is 0 Å². The van der Waals surface area contributed by atoms with E-state index in [0.717, 1.165) is 15.7 Å². The molecule has 0 saturated heterocycles. The maximum Gasteiger partial charge on any atom is 0.418 e. The van der Waals surface area contributed by atoms with Crippen molar-refractivity contribution >= 4 is 28.5 Å². The molecule has 0 radical (unpaired) electrons. The molecule has 0 aliphatic heterocycles. The van der Waals surface area contributed by atoms with Gasteiger partial charge in [-0.1, -0.05) is 30.3 Å². The van der Waals surface area contributed by atoms with Crippen molar-refractivity contribution in [3.63, 3.8) is 0 Å². The van der Waals surface area contributed by atoms with Gasteiger partial charge in [-0.05, 0) is 29.0 Å². The van der Waals surface area contributed by atoms with Gasteiger partial charge >= 0.3 is 6.09 Å². The quantitative estimate of drug-likeness (QED) is 0.770. The Hall–Kier alpha value is -2.95. The molecule has 0 atom stereocenters. The summed E-state index contributed by atoms with van der Waals surface area (Å²) in [6.45, 7) is 0. The fourth-order valence-corrected chi connectivity index (χ4v) is 2.03. The zero-order valence-electron chi connectivity index (χ0n) is 10.5. The highest BCUT2D eigenvalue weighted by molar-refractivity contribution is 5.96. The Labute approximate surface area is 115 Å². The van der Waals surface area contributed by atoms with Crippen LogP contribution in [-0.2, 0) is 0 Å². The Morgan fingerprint density at radius 3 is 2.35 bits per heavy atom. The molecule has 2 aromatic carbocycles. The number of carboxylic acid groups (broad SMARTS) is 1. The van der Waals surface area contributed by atoms with Gasteiger partial charge in [0.05, 0.1) is 5.69 Å². The van der Waals surface area contributed by atoms with Crippen molar-refractivity contribution in [1.82, 2.24) is 9.97 Å². The van der Waals surface area contributed by atoms with Crippen molar-refractivity contribution in [3.8, 4) is 0 Å². The number of hydrogen-bond acceptors (Lipinski definition) is 3. The summed E-state index contributed by atoms with van der Waals surface area (Å²) in [5.41, 5.74) is 0.516. The lowest BCUT2D eigenvalue weighted by Gasteiger charge is -2.17. The molecule has 0 bridgehead atoms. The van der Waals surface area contributed by atoms with E-state index >= 15 is 0 Å². The predicted molar refractivity (Wildman–Crippen MR) is 76.1 cm³/mol. The molecule has 0 saturated carbocycles. The standard InChI is InChI=1S/C15H11N3O2/c19-15(20)18(14-16-8-3-9-17-14)13-7-6-11-4-1-2-5-12(11)10-13/h1-10H,(H,19,20). The lowest BCUT2D eigenvalue weighted by molar-refractivity contribution is 0.204. The SMILES string of the molecule is O=C(O)N(c1ccc2ccccc2c1)c1ncccn1. The molecule has 3 rings (SSSR count). The van der Waals surface area contributed by atoms with Crippen LogP contribution in [0.3, 0.4) is 0 Å². The summed E-state index contributed by atoms with van der Waals surface area (Å²) in [4.78, 5) is 20.5. The molecular weight excluding hydrogens is 254 g/mol. The Kier molecular flexibility index (Phi) is 3.01. The number of amides is 1. The maximum absolute atomic E-state index is 11.5. The van der Waals surface area contributed by atoms with Crippen LogP contribution in [0.25, 0.3) is 10.8 Å². The number of hydrogen-bond donors (Lipinski definition) is 1. The average Bonchev–Trinajstić information content (AvgIpc) is 2.48. The predicted octanol–water partition coefficient (Wildman–Crippen LogP) is 3.45. The van der Waals surface area contributed by atoms with E-state index in [1.54, 1.807) is 18.2 Å². The molecule has 0 fully saturated rings. The molecule has 0 unspecified atom stereocenters. The number of benzene rings is 2. The van der Waals surface area contributed by atoms with E-state index in [9.17, 15) is 9.90 Å². The summed E-state index contributed by atoms with van der Waals surface area (Å²) in [6, 6.07) is 14.8. The third kappa shape index (κ3) is 2.16. The molecule has 0 spiro atoms. The normalized spacial score (nSPS) is 10.4. The number of carbonyl (C=O) groups is 1. The Morgan fingerprint density at radius 2 is 1.65 bits per heavy atom. The van der Waals surface area contributed by atoms with Crippen LogP contribution in [0.1, 0.15) is 0 Å². The van der Waals surface area contributed by atoms with Gasteiger partial charge in [-0.2, -0.15) is 0 Å². The summed E-state index contributed by atoms with van der Waals surface area (Å²) < 4.78 is 0. The van der Waals surface area contributed by atoms with Crippen LogP contribution in [-0.4, -0.2) is 21.2 Å². The van der Waals surface area contributed by atoms with Crippen LogP contribution in [0.5, 0.6) is 0 Å². The number of fused-ring (bicyclic) bond motifs is 1. The zero-order chi connectivity index (χ0) is 13.9. The van der Waals surface area contributed by atoms with Gasteiger partial charge in [-0.25, -0.2) is 19.7 Å². The Bertz CT molecular complexity index is 759. The van der Waals surface area contributed by atoms with E-state index in [4.69, 9.17) is 0 Å². The minimum absolute atomic E-state index is 0.135. The topological polar surface area (TPSA) is 66.3 Å². The number of anilines is 2. The summed E-state index contributed by atoms with van der Waals surface area (Å²) in [5.74, 6) is 0.135. The lowest BCUT2D eigenvalue weighted by Crippen LogP contribution is -2.25. The minimum atomic E-state index is -1.12. The first kappa shape index (κ1) is 12.1. The van der Waals surface area contributed by atoms with Gasteiger partial charge in [0.2, 0.25) is 5.95 Å². The van der Waals surface area contributed by atoms with E-state index in [1.165, 1.54) is 12.4 Å². The molecule has 1 heterocycles. The second-order valence-corrected chi connectivity index (χ2v) is 4.20. The van der Waals surface area contributed by atoms with E-state index in [0.29, 0.717) is 5.69 Å². The number of rotatable bonds is 2. The summed E-state index contributed by atoms with van der Waals surface area (Å²) in [7, 11) is 0. The number of aromatic nitrogens is 2. The van der Waals surface area contributed by atoms with Crippen molar-refractivity contribution in [2.75, 3.05) is 4.90 Å². The van der Waals surface area contributed by atoms with Crippen LogP contribution in [0.2, 0.25) is 0 Å². The summed E-state index contributed by atoms with van der Waals surface area (Å²) in [6.07, 6.45) is 1.91. The average molecular weight is 265 g/mol. The highest BCUT2D eigenvalue weighted by Crippen LogP contribution is 2.26. The maximum atomic E-state index is 11.5. The Morgan fingerprint density at radius 1 is 0.950 bits per heavy atom. The molecule has 0 aliphatic carbocycles. The van der Waals surface area contributed by atoms with Gasteiger partial charge in [-0.15, -0.1) is 0 Å². The lowest BCUT2D eigenvalue weighted by atomic mass is 10.1. The molecule has 0 aliphatic rings. The monoisotopic (exact) mass is 265 g/mol. The fourth-order valence-electron chi connectivity index (χ4n) is 2.03. The third-order valence-electron chi connectivity index (χ3n) is 2.93. The van der Waals surface area contributed by atoms with Gasteiger partial charge in [0, 0.05) is 12.4 Å². The third-order valence-corrected chi connectivity index (χ3v) is 2.93. The second kappa shape index (κ2) is 4.97. The van der Waals surface area contributed by atoms with Crippen molar-refractivity contribution in [2.45, 2.75) is 0 Å². The first-order chi connectivity index (χ1) is 9.75. The molecular formula is C15H11N3O2. The van der Waals surface area contributed by atoms with Gasteiger partial charge in [-0.3, -0.25) is 0 Å². The van der Waals surface area contributed by atoms with Gasteiger partial charge < -0.3 is 5.11 Å². The smallest absolute Gasteiger partial charge is 0.418 e. The molecule has 5 nitrogen and oxygen atoms in total. The van der Waals surface area contributed by atoms with Crippen molar-refractivity contribution in [2.24, 2.45) is 0 Å².